The minimum atomic E-state index is -0.303. The van der Waals surface area contributed by atoms with Crippen molar-refractivity contribution in [3.8, 4) is 10.6 Å². The summed E-state index contributed by atoms with van der Waals surface area (Å²) in [6.45, 7) is 7.27. The molecule has 7 heteroatoms. The lowest BCUT2D eigenvalue weighted by atomic mass is 10.1. The van der Waals surface area contributed by atoms with Crippen LogP contribution >= 0.6 is 23.7 Å². The van der Waals surface area contributed by atoms with E-state index in [1.165, 1.54) is 0 Å². The van der Waals surface area contributed by atoms with Gasteiger partial charge in [-0.2, -0.15) is 0 Å². The number of halogens is 1. The van der Waals surface area contributed by atoms with Crippen molar-refractivity contribution in [2.45, 2.75) is 39.0 Å². The van der Waals surface area contributed by atoms with Crippen LogP contribution in [0, 0.1) is 6.92 Å². The highest BCUT2D eigenvalue weighted by molar-refractivity contribution is 7.15. The number of aromatic nitrogens is 1. The van der Waals surface area contributed by atoms with Gasteiger partial charge in [0.05, 0.1) is 29.3 Å². The number of aryl methyl sites for hydroxylation is 1. The summed E-state index contributed by atoms with van der Waals surface area (Å²) in [6.07, 6.45) is -0.117. The van der Waals surface area contributed by atoms with E-state index in [0.717, 1.165) is 21.1 Å². The molecule has 1 fully saturated rings. The molecular formula is C18H24ClN3O2S. The number of carbonyl (C=O) groups is 1. The minimum absolute atomic E-state index is 0. The van der Waals surface area contributed by atoms with Gasteiger partial charge in [-0.3, -0.25) is 4.79 Å². The standard InChI is InChI=1S/C18H23N3O2S.ClH/c1-11(20-17(22)15-13(3)23-10-9-19-15)16-12(2)21-18(24-16)14-7-5-4-6-8-14;/h4-8,11,13,15,19H,9-10H2,1-3H3,(H,20,22);1H/t11?,13-,15+;/m1./s1. The van der Waals surface area contributed by atoms with Crippen molar-refractivity contribution in [3.63, 3.8) is 0 Å². The van der Waals surface area contributed by atoms with E-state index >= 15 is 0 Å². The van der Waals surface area contributed by atoms with Crippen LogP contribution in [-0.4, -0.2) is 36.2 Å². The van der Waals surface area contributed by atoms with E-state index in [9.17, 15) is 4.79 Å². The van der Waals surface area contributed by atoms with Crippen molar-refractivity contribution in [2.75, 3.05) is 13.2 Å². The number of nitrogens with one attached hydrogen (secondary N) is 2. The third-order valence-corrected chi connectivity index (χ3v) is 5.59. The summed E-state index contributed by atoms with van der Waals surface area (Å²) in [5.74, 6) is -0.0243. The molecule has 0 saturated carbocycles. The van der Waals surface area contributed by atoms with Crippen molar-refractivity contribution in [2.24, 2.45) is 0 Å². The van der Waals surface area contributed by atoms with Crippen molar-refractivity contribution in [3.05, 3.63) is 40.9 Å². The van der Waals surface area contributed by atoms with E-state index in [4.69, 9.17) is 4.74 Å². The van der Waals surface area contributed by atoms with Crippen molar-refractivity contribution >= 4 is 29.7 Å². The smallest absolute Gasteiger partial charge is 0.240 e. The molecule has 0 spiro atoms. The summed E-state index contributed by atoms with van der Waals surface area (Å²) in [5, 5.41) is 7.30. The number of carbonyl (C=O) groups excluding carboxylic acids is 1. The first-order valence-corrected chi connectivity index (χ1v) is 9.06. The quantitative estimate of drug-likeness (QED) is 0.854. The molecule has 3 rings (SSSR count). The molecule has 1 saturated heterocycles. The highest BCUT2D eigenvalue weighted by Crippen LogP contribution is 2.31. The molecule has 25 heavy (non-hydrogen) atoms. The van der Waals surface area contributed by atoms with Gasteiger partial charge in [-0.05, 0) is 20.8 Å². The Balaban J connectivity index is 0.00000225. The summed E-state index contributed by atoms with van der Waals surface area (Å²) in [4.78, 5) is 18.3. The number of thiazole rings is 1. The lowest BCUT2D eigenvalue weighted by molar-refractivity contribution is -0.129. The molecule has 0 bridgehead atoms. The Labute approximate surface area is 158 Å². The Hall–Kier alpha value is -1.47. The first-order chi connectivity index (χ1) is 11.6. The summed E-state index contributed by atoms with van der Waals surface area (Å²) in [5.41, 5.74) is 2.07. The maximum atomic E-state index is 12.5. The first kappa shape index (κ1) is 19.8. The molecule has 1 aliphatic rings. The highest BCUT2D eigenvalue weighted by Gasteiger charge is 2.29. The van der Waals surface area contributed by atoms with Gasteiger partial charge in [-0.25, -0.2) is 4.98 Å². The average Bonchev–Trinajstić information content (AvgIpc) is 2.98. The van der Waals surface area contributed by atoms with Crippen LogP contribution in [0.3, 0.4) is 0 Å². The number of ether oxygens (including phenoxy) is 1. The normalized spacial score (nSPS) is 21.2. The Morgan fingerprint density at radius 1 is 1.40 bits per heavy atom. The second-order valence-corrected chi connectivity index (χ2v) is 7.10. The maximum absolute atomic E-state index is 12.5. The number of hydrogen-bond acceptors (Lipinski definition) is 5. The van der Waals surface area contributed by atoms with Crippen LogP contribution < -0.4 is 10.6 Å². The van der Waals surface area contributed by atoms with Gasteiger partial charge in [0.15, 0.2) is 0 Å². The second kappa shape index (κ2) is 8.76. The van der Waals surface area contributed by atoms with E-state index < -0.39 is 0 Å². The van der Waals surface area contributed by atoms with Crippen LogP contribution in [0.15, 0.2) is 30.3 Å². The van der Waals surface area contributed by atoms with Crippen LogP contribution in [0.5, 0.6) is 0 Å². The number of amides is 1. The molecule has 1 aromatic heterocycles. The number of rotatable bonds is 4. The highest BCUT2D eigenvalue weighted by atomic mass is 35.5. The summed E-state index contributed by atoms with van der Waals surface area (Å²) in [7, 11) is 0. The van der Waals surface area contributed by atoms with E-state index in [1.54, 1.807) is 11.3 Å². The molecule has 2 heterocycles. The van der Waals surface area contributed by atoms with Gasteiger partial charge in [-0.1, -0.05) is 30.3 Å². The molecule has 5 nitrogen and oxygen atoms in total. The number of benzene rings is 1. The summed E-state index contributed by atoms with van der Waals surface area (Å²) < 4.78 is 5.55. The van der Waals surface area contributed by atoms with Crippen LogP contribution in [0.25, 0.3) is 10.6 Å². The van der Waals surface area contributed by atoms with Crippen LogP contribution in [0.4, 0.5) is 0 Å². The Bertz CT molecular complexity index is 708. The molecule has 1 amide bonds. The van der Waals surface area contributed by atoms with Crippen molar-refractivity contribution in [1.29, 1.82) is 0 Å². The zero-order valence-corrected chi connectivity index (χ0v) is 16.2. The molecule has 3 atom stereocenters. The molecule has 1 aromatic carbocycles. The van der Waals surface area contributed by atoms with Gasteiger partial charge in [0, 0.05) is 12.1 Å². The Kier molecular flexibility index (Phi) is 6.95. The minimum Gasteiger partial charge on any atom is -0.375 e. The molecule has 2 N–H and O–H groups in total. The SMILES string of the molecule is Cc1nc(-c2ccccc2)sc1C(C)NC(=O)[C@H]1NCCO[C@@H]1C.Cl. The van der Waals surface area contributed by atoms with Gasteiger partial charge in [0.2, 0.25) is 5.91 Å². The van der Waals surface area contributed by atoms with Crippen LogP contribution in [-0.2, 0) is 9.53 Å². The summed E-state index contributed by atoms with van der Waals surface area (Å²) >= 11 is 1.63. The fraction of sp³-hybridized carbons (Fsp3) is 0.444. The molecule has 1 unspecified atom stereocenters. The van der Waals surface area contributed by atoms with Gasteiger partial charge in [0.1, 0.15) is 11.0 Å². The molecule has 0 aliphatic carbocycles. The van der Waals surface area contributed by atoms with Gasteiger partial charge in [-0.15, -0.1) is 23.7 Å². The van der Waals surface area contributed by atoms with Crippen LogP contribution in [0.1, 0.15) is 30.5 Å². The monoisotopic (exact) mass is 381 g/mol. The Morgan fingerprint density at radius 3 is 2.80 bits per heavy atom. The zero-order valence-electron chi connectivity index (χ0n) is 14.6. The molecule has 1 aliphatic heterocycles. The van der Waals surface area contributed by atoms with Crippen molar-refractivity contribution < 1.29 is 9.53 Å². The lowest BCUT2D eigenvalue weighted by Gasteiger charge is -2.30. The topological polar surface area (TPSA) is 63.2 Å². The number of morpholine rings is 1. The summed E-state index contributed by atoms with van der Waals surface area (Å²) in [6, 6.07) is 9.73. The van der Waals surface area contributed by atoms with E-state index in [0.29, 0.717) is 13.2 Å². The Morgan fingerprint density at radius 2 is 2.12 bits per heavy atom. The number of hydrogen-bond donors (Lipinski definition) is 2. The zero-order chi connectivity index (χ0) is 17.1. The maximum Gasteiger partial charge on any atom is 0.240 e. The lowest BCUT2D eigenvalue weighted by Crippen LogP contribution is -2.55. The third kappa shape index (κ3) is 4.58. The largest absolute Gasteiger partial charge is 0.375 e. The van der Waals surface area contributed by atoms with E-state index in [2.05, 4.69) is 27.8 Å². The van der Waals surface area contributed by atoms with Crippen molar-refractivity contribution in [1.82, 2.24) is 15.6 Å². The van der Waals surface area contributed by atoms with Gasteiger partial charge < -0.3 is 15.4 Å². The molecule has 2 aromatic rings. The van der Waals surface area contributed by atoms with E-state index in [1.807, 2.05) is 39.0 Å². The fourth-order valence-corrected chi connectivity index (χ4v) is 3.98. The molecule has 136 valence electrons. The third-order valence-electron chi connectivity index (χ3n) is 4.20. The van der Waals surface area contributed by atoms with Gasteiger partial charge >= 0.3 is 0 Å². The predicted octanol–water partition coefficient (Wildman–Crippen LogP) is 3.09. The first-order valence-electron chi connectivity index (χ1n) is 8.24. The van der Waals surface area contributed by atoms with Gasteiger partial charge in [0.25, 0.3) is 0 Å². The van der Waals surface area contributed by atoms with Crippen LogP contribution in [0.2, 0.25) is 0 Å². The second-order valence-electron chi connectivity index (χ2n) is 6.07. The average molecular weight is 382 g/mol. The molecule has 0 radical (unpaired) electrons. The van der Waals surface area contributed by atoms with E-state index in [-0.39, 0.29) is 36.5 Å². The molecular weight excluding hydrogens is 358 g/mol. The number of nitrogens with zero attached hydrogens (tertiary/aromatic N) is 1. The predicted molar refractivity (Wildman–Crippen MR) is 103 cm³/mol. The fourth-order valence-electron chi connectivity index (χ4n) is 2.91.